The average Bonchev–Trinajstić information content (AvgIpc) is 2.36. The standard InChI is InChI=1S/C10H19N3O3S2/c1-7(9(11)17)18(15,16)13-5-3-4-8(6-13)10(14)12-2/h7-8H,3-6H2,1-2H3,(H2,11,17)(H,12,14). The molecule has 1 saturated heterocycles. The number of carbonyl (C=O) groups excluding carboxylic acids is 1. The molecule has 6 nitrogen and oxygen atoms in total. The van der Waals surface area contributed by atoms with Gasteiger partial charge in [-0.15, -0.1) is 0 Å². The number of piperidine rings is 1. The lowest BCUT2D eigenvalue weighted by molar-refractivity contribution is -0.125. The van der Waals surface area contributed by atoms with Crippen LogP contribution < -0.4 is 11.1 Å². The van der Waals surface area contributed by atoms with Crippen molar-refractivity contribution < 1.29 is 13.2 Å². The third-order valence-corrected chi connectivity index (χ3v) is 5.91. The minimum Gasteiger partial charge on any atom is -0.392 e. The zero-order valence-corrected chi connectivity index (χ0v) is 12.2. The van der Waals surface area contributed by atoms with Gasteiger partial charge in [0.1, 0.15) is 5.25 Å². The molecule has 0 radical (unpaired) electrons. The van der Waals surface area contributed by atoms with Gasteiger partial charge in [0.25, 0.3) is 0 Å². The second kappa shape index (κ2) is 5.94. The Morgan fingerprint density at radius 2 is 2.17 bits per heavy atom. The van der Waals surface area contributed by atoms with E-state index in [0.29, 0.717) is 19.4 Å². The van der Waals surface area contributed by atoms with Gasteiger partial charge in [-0.2, -0.15) is 0 Å². The minimum atomic E-state index is -3.55. The van der Waals surface area contributed by atoms with Crippen molar-refractivity contribution in [3.05, 3.63) is 0 Å². The van der Waals surface area contributed by atoms with Crippen molar-refractivity contribution in [1.29, 1.82) is 0 Å². The Hall–Kier alpha value is -0.730. The molecule has 1 heterocycles. The SMILES string of the molecule is CNC(=O)C1CCCN(S(=O)(=O)C(C)C(N)=S)C1. The Labute approximate surface area is 113 Å². The number of carbonyl (C=O) groups is 1. The molecule has 0 aromatic carbocycles. The summed E-state index contributed by atoms with van der Waals surface area (Å²) in [5.74, 6) is -0.421. The number of rotatable bonds is 4. The number of sulfonamides is 1. The van der Waals surface area contributed by atoms with E-state index in [2.05, 4.69) is 5.32 Å². The Bertz CT molecular complexity index is 436. The molecule has 2 unspecified atom stereocenters. The van der Waals surface area contributed by atoms with Crippen molar-refractivity contribution in [3.8, 4) is 0 Å². The summed E-state index contributed by atoms with van der Waals surface area (Å²) in [7, 11) is -2.00. The van der Waals surface area contributed by atoms with Crippen LogP contribution in [0.4, 0.5) is 0 Å². The van der Waals surface area contributed by atoms with E-state index in [1.165, 1.54) is 11.2 Å². The van der Waals surface area contributed by atoms with Gasteiger partial charge in [0.2, 0.25) is 15.9 Å². The summed E-state index contributed by atoms with van der Waals surface area (Å²) < 4.78 is 25.7. The van der Waals surface area contributed by atoms with Crippen molar-refractivity contribution >= 4 is 33.1 Å². The fraction of sp³-hybridized carbons (Fsp3) is 0.800. The zero-order valence-electron chi connectivity index (χ0n) is 10.5. The molecule has 0 spiro atoms. The van der Waals surface area contributed by atoms with Gasteiger partial charge in [0.15, 0.2) is 0 Å². The topological polar surface area (TPSA) is 92.5 Å². The Morgan fingerprint density at radius 3 is 2.67 bits per heavy atom. The maximum absolute atomic E-state index is 12.2. The summed E-state index contributed by atoms with van der Waals surface area (Å²) in [4.78, 5) is 11.5. The van der Waals surface area contributed by atoms with Crippen LogP contribution >= 0.6 is 12.2 Å². The molecule has 1 aliphatic rings. The summed E-state index contributed by atoms with van der Waals surface area (Å²) in [6.07, 6.45) is 1.37. The highest BCUT2D eigenvalue weighted by Crippen LogP contribution is 2.21. The van der Waals surface area contributed by atoms with Gasteiger partial charge in [0, 0.05) is 20.1 Å². The first kappa shape index (κ1) is 15.3. The van der Waals surface area contributed by atoms with Gasteiger partial charge in [0.05, 0.1) is 10.9 Å². The van der Waals surface area contributed by atoms with Gasteiger partial charge in [-0.05, 0) is 19.8 Å². The van der Waals surface area contributed by atoms with E-state index in [1.807, 2.05) is 0 Å². The van der Waals surface area contributed by atoms with Crippen LogP contribution in [0.15, 0.2) is 0 Å². The van der Waals surface area contributed by atoms with Gasteiger partial charge < -0.3 is 11.1 Å². The van der Waals surface area contributed by atoms with Crippen molar-refractivity contribution in [3.63, 3.8) is 0 Å². The second-order valence-electron chi connectivity index (χ2n) is 4.40. The first-order valence-corrected chi connectivity index (χ1v) is 7.71. The molecule has 0 aromatic heterocycles. The number of hydrogen-bond donors (Lipinski definition) is 2. The normalized spacial score (nSPS) is 23.3. The number of amides is 1. The summed E-state index contributed by atoms with van der Waals surface area (Å²) in [6, 6.07) is 0. The summed E-state index contributed by atoms with van der Waals surface area (Å²) >= 11 is 4.73. The van der Waals surface area contributed by atoms with Crippen LogP contribution in [0.2, 0.25) is 0 Å². The first-order valence-electron chi connectivity index (χ1n) is 5.80. The molecule has 0 bridgehead atoms. The molecule has 2 atom stereocenters. The van der Waals surface area contributed by atoms with Crippen molar-refractivity contribution in [1.82, 2.24) is 9.62 Å². The largest absolute Gasteiger partial charge is 0.392 e. The van der Waals surface area contributed by atoms with Gasteiger partial charge in [-0.25, -0.2) is 12.7 Å². The highest BCUT2D eigenvalue weighted by Gasteiger charge is 2.35. The molecule has 1 fully saturated rings. The molecular weight excluding hydrogens is 274 g/mol. The lowest BCUT2D eigenvalue weighted by atomic mass is 9.99. The summed E-state index contributed by atoms with van der Waals surface area (Å²) in [5.41, 5.74) is 5.40. The number of nitrogens with one attached hydrogen (secondary N) is 1. The molecule has 0 aromatic rings. The third kappa shape index (κ3) is 3.18. The van der Waals surface area contributed by atoms with Gasteiger partial charge >= 0.3 is 0 Å². The minimum absolute atomic E-state index is 0.0444. The first-order chi connectivity index (χ1) is 8.30. The number of thiocarbonyl (C=S) groups is 1. The van der Waals surface area contributed by atoms with E-state index < -0.39 is 15.3 Å². The molecule has 104 valence electrons. The van der Waals surface area contributed by atoms with Crippen LogP contribution in [0, 0.1) is 5.92 Å². The maximum Gasteiger partial charge on any atom is 0.224 e. The zero-order chi connectivity index (χ0) is 13.9. The number of nitrogens with two attached hydrogens (primary N) is 1. The van der Waals surface area contributed by atoms with Crippen LogP contribution in [0.1, 0.15) is 19.8 Å². The maximum atomic E-state index is 12.2. The van der Waals surface area contributed by atoms with E-state index in [4.69, 9.17) is 18.0 Å². The third-order valence-electron chi connectivity index (χ3n) is 3.21. The Kier molecular flexibility index (Phi) is 5.06. The van der Waals surface area contributed by atoms with Crippen molar-refractivity contribution in [2.45, 2.75) is 25.0 Å². The molecule has 1 rings (SSSR count). The van der Waals surface area contributed by atoms with E-state index in [9.17, 15) is 13.2 Å². The van der Waals surface area contributed by atoms with E-state index >= 15 is 0 Å². The Morgan fingerprint density at radius 1 is 1.56 bits per heavy atom. The predicted octanol–water partition coefficient (Wildman–Crippen LogP) is -0.551. The highest BCUT2D eigenvalue weighted by molar-refractivity contribution is 7.92. The van der Waals surface area contributed by atoms with Gasteiger partial charge in [-0.1, -0.05) is 12.2 Å². The number of hydrogen-bond acceptors (Lipinski definition) is 4. The summed E-state index contributed by atoms with van der Waals surface area (Å²) in [5, 5.41) is 1.66. The van der Waals surface area contributed by atoms with Crippen LogP contribution in [0.3, 0.4) is 0 Å². The second-order valence-corrected chi connectivity index (χ2v) is 7.13. The molecule has 0 saturated carbocycles. The highest BCUT2D eigenvalue weighted by atomic mass is 32.2. The molecule has 8 heteroatoms. The number of nitrogens with zero attached hydrogens (tertiary/aromatic N) is 1. The lowest BCUT2D eigenvalue weighted by Crippen LogP contribution is -2.49. The molecule has 3 N–H and O–H groups in total. The molecule has 18 heavy (non-hydrogen) atoms. The molecule has 1 aliphatic heterocycles. The van der Waals surface area contributed by atoms with Gasteiger partial charge in [-0.3, -0.25) is 4.79 Å². The smallest absolute Gasteiger partial charge is 0.224 e. The fourth-order valence-corrected chi connectivity index (χ4v) is 3.84. The van der Waals surface area contributed by atoms with Crippen LogP contribution in [0.5, 0.6) is 0 Å². The van der Waals surface area contributed by atoms with Crippen LogP contribution in [-0.2, 0) is 14.8 Å². The summed E-state index contributed by atoms with van der Waals surface area (Å²) in [6.45, 7) is 2.10. The molecule has 0 aliphatic carbocycles. The van der Waals surface area contributed by atoms with Crippen LogP contribution in [-0.4, -0.2) is 49.0 Å². The predicted molar refractivity (Wildman–Crippen MR) is 73.5 cm³/mol. The average molecular weight is 293 g/mol. The van der Waals surface area contributed by atoms with Crippen molar-refractivity contribution in [2.24, 2.45) is 11.7 Å². The fourth-order valence-electron chi connectivity index (χ4n) is 1.96. The molecule has 1 amide bonds. The van der Waals surface area contributed by atoms with E-state index in [1.54, 1.807) is 7.05 Å². The van der Waals surface area contributed by atoms with E-state index in [-0.39, 0.29) is 23.4 Å². The Balaban J connectivity index is 2.84. The monoisotopic (exact) mass is 293 g/mol. The lowest BCUT2D eigenvalue weighted by Gasteiger charge is -2.32. The quantitative estimate of drug-likeness (QED) is 0.678. The van der Waals surface area contributed by atoms with E-state index in [0.717, 1.165) is 0 Å². The molecular formula is C10H19N3O3S2. The van der Waals surface area contributed by atoms with Crippen LogP contribution in [0.25, 0.3) is 0 Å². The van der Waals surface area contributed by atoms with Crippen molar-refractivity contribution in [2.75, 3.05) is 20.1 Å².